The second-order valence-electron chi connectivity index (χ2n) is 5.35. The maximum absolute atomic E-state index is 13.6. The van der Waals surface area contributed by atoms with E-state index in [1.807, 2.05) is 0 Å². The standard InChI is InChI=1S/C16H16FN3O4/c1-20-14(21)3-2-13(19-20)16(22)18-5-4-10-6-12(17)7-11-8-23-9-24-15(10)11/h2-3,6-7H,4-5,8-9H2,1H3,(H,18,22). The van der Waals surface area contributed by atoms with Gasteiger partial charge in [-0.25, -0.2) is 9.07 Å². The van der Waals surface area contributed by atoms with Crippen molar-refractivity contribution in [1.82, 2.24) is 15.1 Å². The molecule has 1 aromatic heterocycles. The minimum Gasteiger partial charge on any atom is -0.467 e. The molecule has 7 nitrogen and oxygen atoms in total. The van der Waals surface area contributed by atoms with E-state index in [1.54, 1.807) is 0 Å². The van der Waals surface area contributed by atoms with Crippen LogP contribution < -0.4 is 15.6 Å². The molecule has 0 spiro atoms. The van der Waals surface area contributed by atoms with Gasteiger partial charge in [-0.3, -0.25) is 9.59 Å². The lowest BCUT2D eigenvalue weighted by Gasteiger charge is -2.20. The molecule has 1 aliphatic heterocycles. The molecule has 126 valence electrons. The molecule has 1 aromatic carbocycles. The first kappa shape index (κ1) is 16.1. The molecule has 0 saturated heterocycles. The predicted octanol–water partition coefficient (Wildman–Crippen LogP) is 0.758. The van der Waals surface area contributed by atoms with E-state index < -0.39 is 5.91 Å². The van der Waals surface area contributed by atoms with Gasteiger partial charge in [0.15, 0.2) is 6.79 Å². The Morgan fingerprint density at radius 1 is 1.42 bits per heavy atom. The minimum atomic E-state index is -0.403. The maximum atomic E-state index is 13.6. The van der Waals surface area contributed by atoms with E-state index in [-0.39, 0.29) is 30.4 Å². The van der Waals surface area contributed by atoms with Gasteiger partial charge in [0.25, 0.3) is 11.5 Å². The third-order valence-electron chi connectivity index (χ3n) is 3.62. The Morgan fingerprint density at radius 2 is 2.25 bits per heavy atom. The normalized spacial score (nSPS) is 13.1. The SMILES string of the molecule is Cn1nc(C(=O)NCCc2cc(F)cc3c2OCOC3)ccc1=O. The Balaban J connectivity index is 1.66. The van der Waals surface area contributed by atoms with Crippen LogP contribution in [0.25, 0.3) is 0 Å². The summed E-state index contributed by atoms with van der Waals surface area (Å²) < 4.78 is 25.3. The largest absolute Gasteiger partial charge is 0.467 e. The Labute approximate surface area is 137 Å². The number of hydrogen-bond acceptors (Lipinski definition) is 5. The Kier molecular flexibility index (Phi) is 4.57. The fraction of sp³-hybridized carbons (Fsp3) is 0.312. The third kappa shape index (κ3) is 3.43. The van der Waals surface area contributed by atoms with Gasteiger partial charge in [0.1, 0.15) is 17.3 Å². The average molecular weight is 333 g/mol. The summed E-state index contributed by atoms with van der Waals surface area (Å²) in [5, 5.41) is 6.57. The molecule has 3 rings (SSSR count). The zero-order valence-corrected chi connectivity index (χ0v) is 13.0. The highest BCUT2D eigenvalue weighted by Gasteiger charge is 2.17. The molecule has 0 saturated carbocycles. The quantitative estimate of drug-likeness (QED) is 0.893. The van der Waals surface area contributed by atoms with E-state index >= 15 is 0 Å². The molecule has 0 atom stereocenters. The van der Waals surface area contributed by atoms with Crippen LogP contribution in [0.3, 0.4) is 0 Å². The topological polar surface area (TPSA) is 82.5 Å². The number of fused-ring (bicyclic) bond motifs is 1. The molecule has 2 heterocycles. The number of rotatable bonds is 4. The van der Waals surface area contributed by atoms with Crippen LogP contribution in [0.2, 0.25) is 0 Å². The monoisotopic (exact) mass is 333 g/mol. The zero-order valence-electron chi connectivity index (χ0n) is 13.0. The highest BCUT2D eigenvalue weighted by Crippen LogP contribution is 2.29. The van der Waals surface area contributed by atoms with E-state index in [0.29, 0.717) is 29.9 Å². The van der Waals surface area contributed by atoms with Crippen LogP contribution in [0, 0.1) is 5.82 Å². The van der Waals surface area contributed by atoms with Crippen LogP contribution in [0.5, 0.6) is 5.75 Å². The summed E-state index contributed by atoms with van der Waals surface area (Å²) in [5.41, 5.74) is 1.17. The van der Waals surface area contributed by atoms with E-state index in [0.717, 1.165) is 4.68 Å². The number of benzene rings is 1. The van der Waals surface area contributed by atoms with Crippen LogP contribution in [0.4, 0.5) is 4.39 Å². The summed E-state index contributed by atoms with van der Waals surface area (Å²) in [6.07, 6.45) is 0.400. The molecule has 24 heavy (non-hydrogen) atoms. The number of carbonyl (C=O) groups is 1. The summed E-state index contributed by atoms with van der Waals surface area (Å²) in [7, 11) is 1.47. The van der Waals surface area contributed by atoms with E-state index in [2.05, 4.69) is 10.4 Å². The molecule has 0 unspecified atom stereocenters. The Morgan fingerprint density at radius 3 is 3.04 bits per heavy atom. The molecule has 0 fully saturated rings. The van der Waals surface area contributed by atoms with Crippen LogP contribution in [-0.2, 0) is 24.8 Å². The number of aromatic nitrogens is 2. The minimum absolute atomic E-state index is 0.125. The van der Waals surface area contributed by atoms with Crippen LogP contribution in [0.1, 0.15) is 21.6 Å². The summed E-state index contributed by atoms with van der Waals surface area (Å²) in [4.78, 5) is 23.3. The number of nitrogens with one attached hydrogen (secondary N) is 1. The lowest BCUT2D eigenvalue weighted by Crippen LogP contribution is -2.30. The van der Waals surface area contributed by atoms with Crippen LogP contribution >= 0.6 is 0 Å². The number of aryl methyl sites for hydroxylation is 1. The molecule has 1 aliphatic rings. The van der Waals surface area contributed by atoms with Crippen LogP contribution in [-0.4, -0.2) is 29.0 Å². The number of amides is 1. The fourth-order valence-electron chi connectivity index (χ4n) is 2.47. The molecule has 0 aliphatic carbocycles. The van der Waals surface area contributed by atoms with Crippen molar-refractivity contribution in [2.24, 2.45) is 7.05 Å². The van der Waals surface area contributed by atoms with Crippen molar-refractivity contribution < 1.29 is 18.7 Å². The van der Waals surface area contributed by atoms with Gasteiger partial charge in [0.2, 0.25) is 0 Å². The molecule has 0 bridgehead atoms. The van der Waals surface area contributed by atoms with Crippen LogP contribution in [0.15, 0.2) is 29.1 Å². The highest BCUT2D eigenvalue weighted by atomic mass is 19.1. The van der Waals surface area contributed by atoms with E-state index in [1.165, 1.54) is 31.3 Å². The van der Waals surface area contributed by atoms with Crippen molar-refractivity contribution in [3.8, 4) is 5.75 Å². The maximum Gasteiger partial charge on any atom is 0.271 e. The molecule has 1 N–H and O–H groups in total. The fourth-order valence-corrected chi connectivity index (χ4v) is 2.47. The second-order valence-corrected chi connectivity index (χ2v) is 5.35. The molecule has 8 heteroatoms. The zero-order chi connectivity index (χ0) is 17.1. The van der Waals surface area contributed by atoms with Crippen molar-refractivity contribution in [2.75, 3.05) is 13.3 Å². The van der Waals surface area contributed by atoms with Gasteiger partial charge in [0, 0.05) is 25.2 Å². The Bertz CT molecular complexity index is 835. The lowest BCUT2D eigenvalue weighted by atomic mass is 10.1. The number of hydrogen-bond donors (Lipinski definition) is 1. The first-order valence-electron chi connectivity index (χ1n) is 7.39. The number of carbonyl (C=O) groups excluding carboxylic acids is 1. The molecular weight excluding hydrogens is 317 g/mol. The van der Waals surface area contributed by atoms with Crippen molar-refractivity contribution in [3.63, 3.8) is 0 Å². The van der Waals surface area contributed by atoms with Gasteiger partial charge in [-0.05, 0) is 30.2 Å². The highest BCUT2D eigenvalue weighted by molar-refractivity contribution is 5.91. The predicted molar refractivity (Wildman–Crippen MR) is 82.2 cm³/mol. The third-order valence-corrected chi connectivity index (χ3v) is 3.62. The smallest absolute Gasteiger partial charge is 0.271 e. The van der Waals surface area contributed by atoms with Gasteiger partial charge in [-0.2, -0.15) is 5.10 Å². The average Bonchev–Trinajstić information content (AvgIpc) is 2.57. The molecule has 0 radical (unpaired) electrons. The number of ether oxygens (including phenoxy) is 2. The van der Waals surface area contributed by atoms with Crippen molar-refractivity contribution >= 4 is 5.91 Å². The van der Waals surface area contributed by atoms with Gasteiger partial charge in [0.05, 0.1) is 6.61 Å². The van der Waals surface area contributed by atoms with Gasteiger partial charge in [-0.15, -0.1) is 0 Å². The summed E-state index contributed by atoms with van der Waals surface area (Å²) in [6.45, 7) is 0.706. The van der Waals surface area contributed by atoms with Gasteiger partial charge in [-0.1, -0.05) is 0 Å². The molecule has 2 aromatic rings. The van der Waals surface area contributed by atoms with Gasteiger partial charge >= 0.3 is 0 Å². The number of nitrogens with zero attached hydrogens (tertiary/aromatic N) is 2. The molecular formula is C16H16FN3O4. The summed E-state index contributed by atoms with van der Waals surface area (Å²) in [6, 6.07) is 5.41. The Hall–Kier alpha value is -2.74. The van der Waals surface area contributed by atoms with E-state index in [9.17, 15) is 14.0 Å². The molecule has 1 amide bonds. The number of halogens is 1. The summed E-state index contributed by atoms with van der Waals surface area (Å²) >= 11 is 0. The second kappa shape index (κ2) is 6.79. The van der Waals surface area contributed by atoms with Crippen molar-refractivity contribution in [2.45, 2.75) is 13.0 Å². The first-order chi connectivity index (χ1) is 11.5. The van der Waals surface area contributed by atoms with Crippen molar-refractivity contribution in [1.29, 1.82) is 0 Å². The van der Waals surface area contributed by atoms with Crippen molar-refractivity contribution in [3.05, 3.63) is 57.3 Å². The lowest BCUT2D eigenvalue weighted by molar-refractivity contribution is -0.0172. The summed E-state index contributed by atoms with van der Waals surface area (Å²) in [5.74, 6) is -0.166. The van der Waals surface area contributed by atoms with E-state index in [4.69, 9.17) is 9.47 Å². The first-order valence-corrected chi connectivity index (χ1v) is 7.39. The van der Waals surface area contributed by atoms with Gasteiger partial charge < -0.3 is 14.8 Å².